The number of ether oxygens (including phenoxy) is 1. The number of aryl methyl sites for hydroxylation is 1. The van der Waals surface area contributed by atoms with Crippen molar-refractivity contribution < 1.29 is 14.3 Å². The lowest BCUT2D eigenvalue weighted by Crippen LogP contribution is -2.18. The minimum Gasteiger partial charge on any atom is -0.457 e. The SMILES string of the molecule is CNC(=O)c1cc(Oc2ccc3c(NC(=O)c4cccc(C)c4)cccc3c2)ccn1. The molecule has 0 radical (unpaired) electrons. The Morgan fingerprint density at radius 3 is 2.48 bits per heavy atom. The minimum absolute atomic E-state index is 0.157. The van der Waals surface area contributed by atoms with Crippen LogP contribution in [0.1, 0.15) is 26.4 Å². The molecule has 6 heteroatoms. The van der Waals surface area contributed by atoms with E-state index in [1.807, 2.05) is 61.5 Å². The van der Waals surface area contributed by atoms with E-state index < -0.39 is 0 Å². The molecule has 0 atom stereocenters. The van der Waals surface area contributed by atoms with Gasteiger partial charge in [-0.15, -0.1) is 0 Å². The van der Waals surface area contributed by atoms with Crippen molar-refractivity contribution in [3.8, 4) is 11.5 Å². The number of benzene rings is 3. The molecule has 154 valence electrons. The second kappa shape index (κ2) is 8.67. The number of hydrogen-bond acceptors (Lipinski definition) is 4. The maximum Gasteiger partial charge on any atom is 0.269 e. The van der Waals surface area contributed by atoms with Gasteiger partial charge in [0, 0.05) is 35.9 Å². The van der Waals surface area contributed by atoms with Crippen LogP contribution in [0.15, 0.2) is 79.0 Å². The first-order chi connectivity index (χ1) is 15.0. The van der Waals surface area contributed by atoms with Crippen molar-refractivity contribution in [3.63, 3.8) is 0 Å². The summed E-state index contributed by atoms with van der Waals surface area (Å²) in [5, 5.41) is 7.35. The molecule has 0 fully saturated rings. The zero-order valence-electron chi connectivity index (χ0n) is 17.2. The van der Waals surface area contributed by atoms with Crippen LogP contribution in [0.2, 0.25) is 0 Å². The Balaban J connectivity index is 1.58. The summed E-state index contributed by atoms with van der Waals surface area (Å²) < 4.78 is 5.92. The Labute approximate surface area is 179 Å². The summed E-state index contributed by atoms with van der Waals surface area (Å²) in [7, 11) is 1.55. The standard InChI is InChI=1S/C25H21N3O3/c1-16-5-3-7-18(13-16)24(29)28-22-8-4-6-17-14-19(9-10-21(17)22)31-20-11-12-27-23(15-20)25(30)26-2/h3-15H,1-2H3,(H,26,30)(H,28,29). The highest BCUT2D eigenvalue weighted by Gasteiger charge is 2.10. The largest absolute Gasteiger partial charge is 0.457 e. The van der Waals surface area contributed by atoms with Crippen LogP contribution in [0.4, 0.5) is 5.69 Å². The van der Waals surface area contributed by atoms with E-state index in [1.54, 1.807) is 25.2 Å². The van der Waals surface area contributed by atoms with E-state index in [1.165, 1.54) is 6.20 Å². The number of aromatic nitrogens is 1. The van der Waals surface area contributed by atoms with Gasteiger partial charge in [-0.3, -0.25) is 14.6 Å². The number of hydrogen-bond donors (Lipinski definition) is 2. The van der Waals surface area contributed by atoms with Gasteiger partial charge < -0.3 is 15.4 Å². The van der Waals surface area contributed by atoms with Gasteiger partial charge in [0.2, 0.25) is 0 Å². The van der Waals surface area contributed by atoms with Gasteiger partial charge in [0.25, 0.3) is 11.8 Å². The third kappa shape index (κ3) is 4.53. The molecule has 0 saturated carbocycles. The number of pyridine rings is 1. The molecule has 0 bridgehead atoms. The zero-order valence-corrected chi connectivity index (χ0v) is 17.2. The van der Waals surface area contributed by atoms with Gasteiger partial charge in [-0.1, -0.05) is 29.8 Å². The summed E-state index contributed by atoms with van der Waals surface area (Å²) >= 11 is 0. The van der Waals surface area contributed by atoms with Crippen LogP contribution in [0.25, 0.3) is 10.8 Å². The molecule has 0 saturated heterocycles. The Morgan fingerprint density at radius 1 is 0.871 bits per heavy atom. The summed E-state index contributed by atoms with van der Waals surface area (Å²) in [6, 6.07) is 22.1. The van der Waals surface area contributed by atoms with E-state index in [9.17, 15) is 9.59 Å². The molecule has 0 aliphatic rings. The molecule has 1 aromatic heterocycles. The molecular formula is C25H21N3O3. The number of carbonyl (C=O) groups is 2. The van der Waals surface area contributed by atoms with Crippen molar-refractivity contribution in [2.24, 2.45) is 0 Å². The number of carbonyl (C=O) groups excluding carboxylic acids is 2. The fourth-order valence-electron chi connectivity index (χ4n) is 3.28. The van der Waals surface area contributed by atoms with Crippen LogP contribution in [-0.4, -0.2) is 23.8 Å². The molecule has 0 unspecified atom stereocenters. The second-order valence-corrected chi connectivity index (χ2v) is 7.07. The highest BCUT2D eigenvalue weighted by atomic mass is 16.5. The fraction of sp³-hybridized carbons (Fsp3) is 0.0800. The molecule has 2 N–H and O–H groups in total. The lowest BCUT2D eigenvalue weighted by atomic mass is 10.1. The second-order valence-electron chi connectivity index (χ2n) is 7.07. The van der Waals surface area contributed by atoms with Crippen molar-refractivity contribution in [2.75, 3.05) is 12.4 Å². The van der Waals surface area contributed by atoms with E-state index >= 15 is 0 Å². The van der Waals surface area contributed by atoms with Crippen molar-refractivity contribution in [1.82, 2.24) is 10.3 Å². The van der Waals surface area contributed by atoms with Gasteiger partial charge in [0.15, 0.2) is 0 Å². The molecule has 1 heterocycles. The summed E-state index contributed by atoms with van der Waals surface area (Å²) in [4.78, 5) is 28.5. The topological polar surface area (TPSA) is 80.3 Å². The number of amides is 2. The van der Waals surface area contributed by atoms with Crippen molar-refractivity contribution >= 4 is 28.3 Å². The molecule has 0 aliphatic heterocycles. The molecule has 4 rings (SSSR count). The third-order valence-electron chi connectivity index (χ3n) is 4.81. The van der Waals surface area contributed by atoms with Gasteiger partial charge in [-0.2, -0.15) is 0 Å². The van der Waals surface area contributed by atoms with Crippen LogP contribution >= 0.6 is 0 Å². The first kappa shape index (κ1) is 20.1. The normalized spacial score (nSPS) is 10.5. The molecule has 0 spiro atoms. The van der Waals surface area contributed by atoms with Gasteiger partial charge in [0.1, 0.15) is 17.2 Å². The Kier molecular flexibility index (Phi) is 5.62. The van der Waals surface area contributed by atoms with Gasteiger partial charge in [0.05, 0.1) is 0 Å². The van der Waals surface area contributed by atoms with E-state index in [0.29, 0.717) is 17.1 Å². The number of rotatable bonds is 5. The maximum absolute atomic E-state index is 12.7. The highest BCUT2D eigenvalue weighted by Crippen LogP contribution is 2.30. The van der Waals surface area contributed by atoms with E-state index in [0.717, 1.165) is 22.0 Å². The van der Waals surface area contributed by atoms with E-state index in [4.69, 9.17) is 4.74 Å². The summed E-state index contributed by atoms with van der Waals surface area (Å²) in [5.41, 5.74) is 2.65. The molecule has 31 heavy (non-hydrogen) atoms. The van der Waals surface area contributed by atoms with E-state index in [2.05, 4.69) is 15.6 Å². The first-order valence-corrected chi connectivity index (χ1v) is 9.80. The average Bonchev–Trinajstić information content (AvgIpc) is 2.78. The molecule has 0 aliphatic carbocycles. The smallest absolute Gasteiger partial charge is 0.269 e. The predicted octanol–water partition coefficient (Wildman–Crippen LogP) is 4.95. The van der Waals surface area contributed by atoms with Gasteiger partial charge in [-0.05, 0) is 54.8 Å². The summed E-state index contributed by atoms with van der Waals surface area (Å²) in [6.07, 6.45) is 1.53. The Morgan fingerprint density at radius 2 is 1.68 bits per heavy atom. The van der Waals surface area contributed by atoms with Crippen LogP contribution in [0.3, 0.4) is 0 Å². The summed E-state index contributed by atoms with van der Waals surface area (Å²) in [6.45, 7) is 1.96. The van der Waals surface area contributed by atoms with Crippen molar-refractivity contribution in [2.45, 2.75) is 6.92 Å². The molecule has 6 nitrogen and oxygen atoms in total. The zero-order chi connectivity index (χ0) is 21.8. The van der Waals surface area contributed by atoms with Crippen LogP contribution < -0.4 is 15.4 Å². The predicted molar refractivity (Wildman–Crippen MR) is 121 cm³/mol. The summed E-state index contributed by atoms with van der Waals surface area (Å²) in [5.74, 6) is 0.688. The number of fused-ring (bicyclic) bond motifs is 1. The van der Waals surface area contributed by atoms with Crippen LogP contribution in [0.5, 0.6) is 11.5 Å². The fourth-order valence-corrected chi connectivity index (χ4v) is 3.28. The highest BCUT2D eigenvalue weighted by molar-refractivity contribution is 6.09. The average molecular weight is 411 g/mol. The third-order valence-corrected chi connectivity index (χ3v) is 4.81. The molecule has 2 amide bonds. The molecule has 4 aromatic rings. The maximum atomic E-state index is 12.7. The van der Waals surface area contributed by atoms with Crippen molar-refractivity contribution in [3.05, 3.63) is 95.8 Å². The minimum atomic E-state index is -0.280. The monoisotopic (exact) mass is 411 g/mol. The quantitative estimate of drug-likeness (QED) is 0.487. The van der Waals surface area contributed by atoms with E-state index in [-0.39, 0.29) is 17.5 Å². The van der Waals surface area contributed by atoms with Gasteiger partial charge >= 0.3 is 0 Å². The van der Waals surface area contributed by atoms with Gasteiger partial charge in [-0.25, -0.2) is 0 Å². The lowest BCUT2D eigenvalue weighted by Gasteiger charge is -2.11. The van der Waals surface area contributed by atoms with Crippen LogP contribution in [-0.2, 0) is 0 Å². The van der Waals surface area contributed by atoms with Crippen molar-refractivity contribution in [1.29, 1.82) is 0 Å². The Bertz CT molecular complexity index is 1280. The molecule has 3 aromatic carbocycles. The Hall–Kier alpha value is -4.19. The number of nitrogens with one attached hydrogen (secondary N) is 2. The molecular weight excluding hydrogens is 390 g/mol. The number of nitrogens with zero attached hydrogens (tertiary/aromatic N) is 1. The van der Waals surface area contributed by atoms with Crippen LogP contribution in [0, 0.1) is 6.92 Å². The first-order valence-electron chi connectivity index (χ1n) is 9.80. The lowest BCUT2D eigenvalue weighted by molar-refractivity contribution is 0.0957. The number of anilines is 1.